The Hall–Kier alpha value is -6.08. The maximum absolute atomic E-state index is 14.1. The first-order chi connectivity index (χ1) is 34.2. The molecule has 0 spiro atoms. The van der Waals surface area contributed by atoms with Crippen molar-refractivity contribution in [3.05, 3.63) is 77.6 Å². The second-order valence-electron chi connectivity index (χ2n) is 21.2. The summed E-state index contributed by atoms with van der Waals surface area (Å²) in [6, 6.07) is 17.2. The van der Waals surface area contributed by atoms with E-state index in [4.69, 9.17) is 14.5 Å². The predicted molar refractivity (Wildman–Crippen MR) is 284 cm³/mol. The van der Waals surface area contributed by atoms with Gasteiger partial charge < -0.3 is 29.2 Å². The number of rotatable bonds is 19. The molecule has 4 amide bonds. The van der Waals surface area contributed by atoms with Crippen LogP contribution < -0.4 is 10.7 Å². The maximum atomic E-state index is 14.1. The van der Waals surface area contributed by atoms with Crippen molar-refractivity contribution in [1.29, 1.82) is 0 Å². The predicted octanol–water partition coefficient (Wildman–Crippen LogP) is 7.45. The Labute approximate surface area is 428 Å². The van der Waals surface area contributed by atoms with Crippen LogP contribution in [0.5, 0.6) is 0 Å². The number of nitrogens with one attached hydrogen (secondary N) is 2. The summed E-state index contributed by atoms with van der Waals surface area (Å²) in [4.78, 5) is 72.5. The number of likely N-dealkylation sites (tertiary alicyclic amines) is 1. The Bertz CT molecular complexity index is 2570. The topological polar surface area (TPSA) is 159 Å². The summed E-state index contributed by atoms with van der Waals surface area (Å²) < 4.78 is 13.4. The molecular weight excluding hydrogens is 909 g/mol. The third-order valence-corrected chi connectivity index (χ3v) is 14.0. The molecule has 4 aromatic rings. The van der Waals surface area contributed by atoms with Crippen LogP contribution in [0.1, 0.15) is 111 Å². The lowest BCUT2D eigenvalue weighted by molar-refractivity contribution is -0.143. The Morgan fingerprint density at radius 3 is 2.29 bits per heavy atom. The molecule has 72 heavy (non-hydrogen) atoms. The Morgan fingerprint density at radius 2 is 1.67 bits per heavy atom. The van der Waals surface area contributed by atoms with Crippen LogP contribution in [0.15, 0.2) is 60.8 Å². The number of fused-ring (bicyclic) bond motifs is 1. The first-order valence-corrected chi connectivity index (χ1v) is 25.5. The van der Waals surface area contributed by atoms with Crippen LogP contribution in [-0.2, 0) is 52.8 Å². The number of hydrazine groups is 1. The summed E-state index contributed by atoms with van der Waals surface area (Å²) in [5, 5.41) is 5.74. The van der Waals surface area contributed by atoms with Crippen molar-refractivity contribution in [2.45, 2.75) is 137 Å². The van der Waals surface area contributed by atoms with Gasteiger partial charge in [0.15, 0.2) is 0 Å². The van der Waals surface area contributed by atoms with Crippen LogP contribution in [0.4, 0.5) is 0 Å². The number of ether oxygens (including phenoxy) is 2. The number of hydrogen-bond donors (Lipinski definition) is 2. The van der Waals surface area contributed by atoms with Crippen molar-refractivity contribution in [2.24, 2.45) is 11.3 Å². The molecular formula is C57H80N8O7. The average molecular weight is 989 g/mol. The minimum atomic E-state index is -0.860. The molecule has 2 N–H and O–H groups in total. The molecule has 0 radical (unpaired) electrons. The normalized spacial score (nSPS) is 16.3. The van der Waals surface area contributed by atoms with E-state index in [2.05, 4.69) is 84.3 Å². The number of benzene rings is 2. The lowest BCUT2D eigenvalue weighted by Crippen LogP contribution is -2.60. The number of hydrogen-bond acceptors (Lipinski definition) is 10. The summed E-state index contributed by atoms with van der Waals surface area (Å²) in [7, 11) is 7.20. The van der Waals surface area contributed by atoms with E-state index in [9.17, 15) is 24.0 Å². The van der Waals surface area contributed by atoms with E-state index in [1.54, 1.807) is 25.4 Å². The van der Waals surface area contributed by atoms with E-state index in [0.717, 1.165) is 88.9 Å². The van der Waals surface area contributed by atoms with Gasteiger partial charge in [0.05, 0.1) is 29.6 Å². The van der Waals surface area contributed by atoms with E-state index in [-0.39, 0.29) is 59.8 Å². The molecule has 0 aliphatic carbocycles. The molecule has 4 heterocycles. The van der Waals surface area contributed by atoms with Crippen LogP contribution >= 0.6 is 0 Å². The lowest BCUT2D eigenvalue weighted by Gasteiger charge is -2.35. The maximum Gasteiger partial charge on any atom is 0.298 e. The average Bonchev–Trinajstić information content (AvgIpc) is 4.01. The summed E-state index contributed by atoms with van der Waals surface area (Å²) in [6.07, 6.45) is 7.14. The van der Waals surface area contributed by atoms with E-state index in [0.29, 0.717) is 32.4 Å². The Morgan fingerprint density at radius 1 is 0.958 bits per heavy atom. The number of likely N-dealkylation sites (N-methyl/N-ethyl adjacent to an activating group) is 1. The van der Waals surface area contributed by atoms with Crippen molar-refractivity contribution in [1.82, 2.24) is 40.0 Å². The molecule has 4 atom stereocenters. The lowest BCUT2D eigenvalue weighted by atomic mass is 9.84. The Kier molecular flexibility index (Phi) is 20.2. The molecule has 2 saturated heterocycles. The first kappa shape index (κ1) is 56.8. The number of methoxy groups -OCH3 is 1. The molecule has 15 nitrogen and oxygen atoms in total. The molecule has 0 saturated carbocycles. The zero-order valence-corrected chi connectivity index (χ0v) is 45.1. The minimum Gasteiger partial charge on any atom is -0.467 e. The number of aryl methyl sites for hydroxylation is 1. The van der Waals surface area contributed by atoms with Gasteiger partial charge in [0.25, 0.3) is 18.3 Å². The smallest absolute Gasteiger partial charge is 0.298 e. The molecule has 2 aliphatic heterocycles. The summed E-state index contributed by atoms with van der Waals surface area (Å²) in [5.74, 6) is 4.99. The SMILES string of the molecule is CCn1c(-c2cccnc2C(C)OC)c(CC(C)(C)COC=O)c2cc(-c3cccc(CC(NC(=O)C(C(C)C)N(C)C=O)C(=O)N4CCC[C@@H](C)N4)c3)ccc21.CN(C)C(C)(C)C#CC(=O)N1CCCC1. The first-order valence-electron chi connectivity index (χ1n) is 25.5. The van der Waals surface area contributed by atoms with E-state index >= 15 is 0 Å². The second kappa shape index (κ2) is 25.5. The van der Waals surface area contributed by atoms with Crippen molar-refractivity contribution in [3.8, 4) is 34.2 Å². The quantitative estimate of drug-likeness (QED) is 0.0715. The fraction of sp³-hybridized carbons (Fsp3) is 0.544. The molecule has 6 rings (SSSR count). The van der Waals surface area contributed by atoms with Crippen molar-refractivity contribution in [2.75, 3.05) is 54.5 Å². The third kappa shape index (κ3) is 14.3. The van der Waals surface area contributed by atoms with Gasteiger partial charge in [-0.3, -0.25) is 38.9 Å². The summed E-state index contributed by atoms with van der Waals surface area (Å²) in [6.45, 7) is 21.9. The van der Waals surface area contributed by atoms with Gasteiger partial charge in [-0.1, -0.05) is 63.9 Å². The van der Waals surface area contributed by atoms with Crippen molar-refractivity contribution >= 4 is 41.5 Å². The number of carbonyl (C=O) groups is 5. The molecule has 3 unspecified atom stereocenters. The van der Waals surface area contributed by atoms with Gasteiger partial charge in [0, 0.05) is 80.9 Å². The van der Waals surface area contributed by atoms with Crippen molar-refractivity contribution in [3.63, 3.8) is 0 Å². The molecule has 0 bridgehead atoms. The highest BCUT2D eigenvalue weighted by Crippen LogP contribution is 2.42. The van der Waals surface area contributed by atoms with Gasteiger partial charge in [-0.25, -0.2) is 5.43 Å². The zero-order valence-electron chi connectivity index (χ0n) is 45.1. The van der Waals surface area contributed by atoms with Crippen LogP contribution in [0.25, 0.3) is 33.3 Å². The third-order valence-electron chi connectivity index (χ3n) is 14.0. The number of carbonyl (C=O) groups excluding carboxylic acids is 5. The highest BCUT2D eigenvalue weighted by atomic mass is 16.5. The van der Waals surface area contributed by atoms with E-state index in [1.807, 2.05) is 83.6 Å². The number of pyridine rings is 1. The standard InChI is InChI=1S/C45H60N6O6.C12H20N2O/c1-10-50-39-19-18-34(24-36(39)37(25-45(6,7)26-57-28-53)42(50)35-17-12-20-46-40(35)31(5)56-9)33-16-11-15-32(22-33)23-38(44(55)51-21-13-14-30(4)48-51)47-43(54)41(29(2)3)49(8)27-52;1-12(2,13(3)4)8-7-11(15)14-9-5-6-10-14/h11-12,15-20,22,24,27-31,38,41,48H,10,13-14,21,23,25-26H2,1-9H3,(H,47,54);5-6,9-10H2,1-4H3/t30-,31?,38?,41?;/m1./s1. The largest absolute Gasteiger partial charge is 0.467 e. The van der Waals surface area contributed by atoms with Crippen LogP contribution in [0, 0.1) is 23.2 Å². The molecule has 2 aromatic heterocycles. The molecule has 2 aromatic carbocycles. The van der Waals surface area contributed by atoms with Gasteiger partial charge >= 0.3 is 0 Å². The van der Waals surface area contributed by atoms with Crippen LogP contribution in [-0.4, -0.2) is 138 Å². The highest BCUT2D eigenvalue weighted by molar-refractivity contribution is 5.96. The summed E-state index contributed by atoms with van der Waals surface area (Å²) in [5.41, 5.74) is 10.6. The van der Waals surface area contributed by atoms with Crippen LogP contribution in [0.2, 0.25) is 0 Å². The Balaban J connectivity index is 0.000000548. The minimum absolute atomic E-state index is 0.0255. The number of nitrogens with zero attached hydrogens (tertiary/aromatic N) is 6. The molecule has 15 heteroatoms. The van der Waals surface area contributed by atoms with Gasteiger partial charge in [0.1, 0.15) is 12.1 Å². The van der Waals surface area contributed by atoms with Gasteiger partial charge in [-0.05, 0) is 139 Å². The molecule has 2 aliphatic rings. The monoisotopic (exact) mass is 989 g/mol. The molecule has 390 valence electrons. The van der Waals surface area contributed by atoms with Gasteiger partial charge in [0.2, 0.25) is 12.3 Å². The van der Waals surface area contributed by atoms with Crippen LogP contribution in [0.3, 0.4) is 0 Å². The van der Waals surface area contributed by atoms with E-state index < -0.39 is 12.1 Å². The van der Waals surface area contributed by atoms with Crippen molar-refractivity contribution < 1.29 is 33.4 Å². The second-order valence-corrected chi connectivity index (χ2v) is 21.2. The van der Waals surface area contributed by atoms with Gasteiger partial charge in [-0.15, -0.1) is 0 Å². The number of amides is 4. The van der Waals surface area contributed by atoms with Gasteiger partial charge in [-0.2, -0.15) is 0 Å². The fourth-order valence-corrected chi connectivity index (χ4v) is 9.49. The summed E-state index contributed by atoms with van der Waals surface area (Å²) >= 11 is 0. The zero-order chi connectivity index (χ0) is 52.9. The molecule has 2 fully saturated rings. The highest BCUT2D eigenvalue weighted by Gasteiger charge is 2.34. The number of aromatic nitrogens is 2. The fourth-order valence-electron chi connectivity index (χ4n) is 9.49. The van der Waals surface area contributed by atoms with E-state index in [1.165, 1.54) is 4.90 Å².